The molecule has 20 heavy (non-hydrogen) atoms. The molecular formula is C15H19BrFN3. The van der Waals surface area contributed by atoms with Gasteiger partial charge in [-0.25, -0.2) is 4.39 Å². The van der Waals surface area contributed by atoms with E-state index in [1.807, 2.05) is 19.4 Å². The molecule has 0 saturated heterocycles. The predicted octanol–water partition coefficient (Wildman–Crippen LogP) is 3.61. The lowest BCUT2D eigenvalue weighted by atomic mass is 10.0. The third-order valence-corrected chi connectivity index (χ3v) is 3.89. The fraction of sp³-hybridized carbons (Fsp3) is 0.400. The molecule has 1 atom stereocenters. The predicted molar refractivity (Wildman–Crippen MR) is 82.0 cm³/mol. The highest BCUT2D eigenvalue weighted by Crippen LogP contribution is 2.27. The van der Waals surface area contributed by atoms with Gasteiger partial charge in [-0.1, -0.05) is 22.9 Å². The Labute approximate surface area is 127 Å². The number of benzene rings is 1. The molecule has 0 fully saturated rings. The van der Waals surface area contributed by atoms with E-state index in [0.717, 1.165) is 35.0 Å². The third-order valence-electron chi connectivity index (χ3n) is 3.17. The van der Waals surface area contributed by atoms with E-state index in [9.17, 15) is 4.39 Å². The van der Waals surface area contributed by atoms with Crippen molar-refractivity contribution in [1.82, 2.24) is 15.1 Å². The zero-order valence-electron chi connectivity index (χ0n) is 11.7. The lowest BCUT2D eigenvalue weighted by molar-refractivity contribution is 0.522. The van der Waals surface area contributed by atoms with Crippen molar-refractivity contribution in [2.45, 2.75) is 25.8 Å². The Morgan fingerprint density at radius 2 is 2.25 bits per heavy atom. The van der Waals surface area contributed by atoms with Crippen molar-refractivity contribution in [3.63, 3.8) is 0 Å². The van der Waals surface area contributed by atoms with Gasteiger partial charge in [0, 0.05) is 23.8 Å². The van der Waals surface area contributed by atoms with E-state index in [4.69, 9.17) is 0 Å². The minimum Gasteiger partial charge on any atom is -0.310 e. The normalized spacial score (nSPS) is 12.6. The van der Waals surface area contributed by atoms with Crippen molar-refractivity contribution in [2.24, 2.45) is 7.05 Å². The van der Waals surface area contributed by atoms with Crippen molar-refractivity contribution in [3.8, 4) is 0 Å². The van der Waals surface area contributed by atoms with Gasteiger partial charge in [0.2, 0.25) is 0 Å². The summed E-state index contributed by atoms with van der Waals surface area (Å²) in [4.78, 5) is 0. The zero-order valence-corrected chi connectivity index (χ0v) is 13.3. The maximum Gasteiger partial charge on any atom is 0.123 e. The molecular weight excluding hydrogens is 321 g/mol. The van der Waals surface area contributed by atoms with Crippen LogP contribution in [0.5, 0.6) is 0 Å². The molecule has 2 rings (SSSR count). The largest absolute Gasteiger partial charge is 0.310 e. The number of aromatic nitrogens is 2. The van der Waals surface area contributed by atoms with Crippen molar-refractivity contribution >= 4 is 15.9 Å². The lowest BCUT2D eigenvalue weighted by Gasteiger charge is -2.20. The van der Waals surface area contributed by atoms with E-state index in [0.29, 0.717) is 0 Å². The summed E-state index contributed by atoms with van der Waals surface area (Å²) < 4.78 is 16.2. The van der Waals surface area contributed by atoms with E-state index >= 15 is 0 Å². The molecule has 3 nitrogen and oxygen atoms in total. The van der Waals surface area contributed by atoms with Gasteiger partial charge in [0.25, 0.3) is 0 Å². The molecule has 2 aromatic rings. The fourth-order valence-electron chi connectivity index (χ4n) is 2.21. The van der Waals surface area contributed by atoms with Crippen molar-refractivity contribution < 1.29 is 4.39 Å². The minimum atomic E-state index is -0.210. The molecule has 0 aliphatic carbocycles. The quantitative estimate of drug-likeness (QED) is 0.871. The Bertz CT molecular complexity index is 568. The van der Waals surface area contributed by atoms with Gasteiger partial charge in [0.1, 0.15) is 5.82 Å². The highest BCUT2D eigenvalue weighted by atomic mass is 79.9. The van der Waals surface area contributed by atoms with Gasteiger partial charge >= 0.3 is 0 Å². The minimum absolute atomic E-state index is 0.0734. The highest BCUT2D eigenvalue weighted by molar-refractivity contribution is 9.10. The van der Waals surface area contributed by atoms with Gasteiger partial charge in [-0.15, -0.1) is 0 Å². The molecule has 108 valence electrons. The molecule has 0 spiro atoms. The summed E-state index contributed by atoms with van der Waals surface area (Å²) in [6, 6.07) is 4.89. The van der Waals surface area contributed by atoms with Crippen molar-refractivity contribution in [3.05, 3.63) is 52.0 Å². The van der Waals surface area contributed by atoms with Crippen LogP contribution in [-0.4, -0.2) is 16.3 Å². The summed E-state index contributed by atoms with van der Waals surface area (Å²) in [5, 5.41) is 7.66. The summed E-state index contributed by atoms with van der Waals surface area (Å²) in [5.74, 6) is -0.210. The Morgan fingerprint density at radius 3 is 2.90 bits per heavy atom. The standard InChI is InChI=1S/C15H19BrFN3/c1-3-6-18-15(7-11-9-19-20(2)10-11)13-8-12(17)4-5-14(13)16/h4-5,8-10,15,18H,3,6-7H2,1-2H3. The van der Waals surface area contributed by atoms with E-state index in [1.54, 1.807) is 16.8 Å². The van der Waals surface area contributed by atoms with Crippen LogP contribution < -0.4 is 5.32 Å². The van der Waals surface area contributed by atoms with Gasteiger partial charge in [-0.3, -0.25) is 4.68 Å². The van der Waals surface area contributed by atoms with Gasteiger partial charge in [0.05, 0.1) is 6.20 Å². The Balaban J connectivity index is 2.24. The van der Waals surface area contributed by atoms with Crippen LogP contribution in [0, 0.1) is 5.82 Å². The topological polar surface area (TPSA) is 29.9 Å². The first-order valence-corrected chi connectivity index (χ1v) is 7.55. The maximum absolute atomic E-state index is 13.5. The van der Waals surface area contributed by atoms with Crippen LogP contribution in [0.4, 0.5) is 4.39 Å². The van der Waals surface area contributed by atoms with Crippen molar-refractivity contribution in [2.75, 3.05) is 6.54 Å². The van der Waals surface area contributed by atoms with Gasteiger partial charge in [0.15, 0.2) is 0 Å². The summed E-state index contributed by atoms with van der Waals surface area (Å²) in [6.07, 6.45) is 5.67. The average molecular weight is 340 g/mol. The van der Waals surface area contributed by atoms with Crippen LogP contribution in [0.1, 0.15) is 30.5 Å². The van der Waals surface area contributed by atoms with Gasteiger partial charge in [-0.2, -0.15) is 5.10 Å². The molecule has 1 unspecified atom stereocenters. The molecule has 1 heterocycles. The van der Waals surface area contributed by atoms with Crippen LogP contribution in [0.15, 0.2) is 35.1 Å². The van der Waals surface area contributed by atoms with Crippen LogP contribution in [0.3, 0.4) is 0 Å². The van der Waals surface area contributed by atoms with Gasteiger partial charge < -0.3 is 5.32 Å². The number of aryl methyl sites for hydroxylation is 1. The molecule has 0 radical (unpaired) electrons. The monoisotopic (exact) mass is 339 g/mol. The van der Waals surface area contributed by atoms with Crippen molar-refractivity contribution in [1.29, 1.82) is 0 Å². The smallest absolute Gasteiger partial charge is 0.123 e. The molecule has 0 bridgehead atoms. The summed E-state index contributed by atoms with van der Waals surface area (Å²) in [6.45, 7) is 3.02. The highest BCUT2D eigenvalue weighted by Gasteiger charge is 2.16. The molecule has 0 saturated carbocycles. The molecule has 0 amide bonds. The third kappa shape index (κ3) is 3.90. The van der Waals surface area contributed by atoms with E-state index in [-0.39, 0.29) is 11.9 Å². The number of hydrogen-bond acceptors (Lipinski definition) is 2. The summed E-state index contributed by atoms with van der Waals surface area (Å²) >= 11 is 3.51. The zero-order chi connectivity index (χ0) is 14.5. The Morgan fingerprint density at radius 1 is 1.45 bits per heavy atom. The number of hydrogen-bond donors (Lipinski definition) is 1. The first kappa shape index (κ1) is 15.2. The van der Waals surface area contributed by atoms with Crippen LogP contribution in [0.2, 0.25) is 0 Å². The first-order chi connectivity index (χ1) is 9.60. The molecule has 1 N–H and O–H groups in total. The second-order valence-corrected chi connectivity index (χ2v) is 5.75. The van der Waals surface area contributed by atoms with Crippen LogP contribution in [-0.2, 0) is 13.5 Å². The maximum atomic E-state index is 13.5. The Hall–Kier alpha value is -1.20. The second-order valence-electron chi connectivity index (χ2n) is 4.90. The number of rotatable bonds is 6. The molecule has 0 aliphatic rings. The molecule has 1 aromatic heterocycles. The van der Waals surface area contributed by atoms with Crippen LogP contribution >= 0.6 is 15.9 Å². The van der Waals surface area contributed by atoms with Crippen LogP contribution in [0.25, 0.3) is 0 Å². The second kappa shape index (κ2) is 6.99. The lowest BCUT2D eigenvalue weighted by Crippen LogP contribution is -2.24. The molecule has 0 aliphatic heterocycles. The Kier molecular flexibility index (Phi) is 5.31. The average Bonchev–Trinajstić information content (AvgIpc) is 2.83. The summed E-state index contributed by atoms with van der Waals surface area (Å²) in [5.41, 5.74) is 2.08. The number of nitrogens with zero attached hydrogens (tertiary/aromatic N) is 2. The fourth-order valence-corrected chi connectivity index (χ4v) is 2.73. The molecule has 1 aromatic carbocycles. The summed E-state index contributed by atoms with van der Waals surface area (Å²) in [7, 11) is 1.90. The number of halogens is 2. The SMILES string of the molecule is CCCNC(Cc1cnn(C)c1)c1cc(F)ccc1Br. The van der Waals surface area contributed by atoms with Gasteiger partial charge in [-0.05, 0) is 48.7 Å². The number of nitrogens with one attached hydrogen (secondary N) is 1. The first-order valence-electron chi connectivity index (χ1n) is 6.76. The van der Waals surface area contributed by atoms with E-state index in [1.165, 1.54) is 6.07 Å². The van der Waals surface area contributed by atoms with E-state index in [2.05, 4.69) is 33.3 Å². The molecule has 5 heteroatoms. The van der Waals surface area contributed by atoms with E-state index < -0.39 is 0 Å².